The van der Waals surface area contributed by atoms with E-state index in [0.717, 1.165) is 4.90 Å². The Bertz CT molecular complexity index is 357. The molecule has 0 amide bonds. The second-order valence-electron chi connectivity index (χ2n) is 2.68. The third-order valence-corrected chi connectivity index (χ3v) is 2.79. The minimum absolute atomic E-state index is 0.324. The van der Waals surface area contributed by atoms with E-state index in [-0.39, 0.29) is 0 Å². The average Bonchev–Trinajstić information content (AvgIpc) is 2.16. The normalized spacial score (nSPS) is 11.4. The zero-order valence-corrected chi connectivity index (χ0v) is 9.10. The fraction of sp³-hybridized carbons (Fsp3) is 0.100. The third-order valence-electron chi connectivity index (χ3n) is 1.52. The largest absolute Gasteiger partial charge is 0.478 e. The summed E-state index contributed by atoms with van der Waals surface area (Å²) in [5.41, 5.74) is 0.324. The molecule has 0 aromatic heterocycles. The molecule has 0 saturated heterocycles. The monoisotopic (exact) mass is 228 g/mol. The SMILES string of the molecule is C/C(=C\Sc1ccc(Cl)cc1)C(=O)O. The Kier molecular flexibility index (Phi) is 4.04. The van der Waals surface area contributed by atoms with E-state index in [4.69, 9.17) is 16.7 Å². The molecule has 0 saturated carbocycles. The van der Waals surface area contributed by atoms with Gasteiger partial charge in [-0.05, 0) is 36.6 Å². The zero-order chi connectivity index (χ0) is 10.6. The van der Waals surface area contributed by atoms with Crippen LogP contribution in [-0.2, 0) is 4.79 Å². The highest BCUT2D eigenvalue weighted by Gasteiger charge is 1.99. The van der Waals surface area contributed by atoms with Crippen molar-refractivity contribution in [2.45, 2.75) is 11.8 Å². The van der Waals surface area contributed by atoms with Crippen LogP contribution in [0.2, 0.25) is 5.02 Å². The van der Waals surface area contributed by atoms with Gasteiger partial charge in [0.15, 0.2) is 0 Å². The van der Waals surface area contributed by atoms with Crippen LogP contribution in [-0.4, -0.2) is 11.1 Å². The summed E-state index contributed by atoms with van der Waals surface area (Å²) in [7, 11) is 0. The number of carboxylic acids is 1. The van der Waals surface area contributed by atoms with Crippen LogP contribution < -0.4 is 0 Å². The molecule has 0 unspecified atom stereocenters. The van der Waals surface area contributed by atoms with Gasteiger partial charge in [0, 0.05) is 15.5 Å². The molecule has 0 heterocycles. The molecule has 14 heavy (non-hydrogen) atoms. The Morgan fingerprint density at radius 3 is 2.50 bits per heavy atom. The summed E-state index contributed by atoms with van der Waals surface area (Å²) in [4.78, 5) is 11.4. The van der Waals surface area contributed by atoms with Crippen molar-refractivity contribution in [1.82, 2.24) is 0 Å². The number of aliphatic carboxylic acids is 1. The fourth-order valence-corrected chi connectivity index (χ4v) is 1.55. The molecule has 1 aromatic rings. The number of rotatable bonds is 3. The van der Waals surface area contributed by atoms with Crippen molar-refractivity contribution in [2.75, 3.05) is 0 Å². The first-order valence-electron chi connectivity index (χ1n) is 3.92. The predicted octanol–water partition coefficient (Wildman–Crippen LogP) is 3.42. The van der Waals surface area contributed by atoms with Gasteiger partial charge in [-0.15, -0.1) is 0 Å². The molecule has 1 rings (SSSR count). The average molecular weight is 229 g/mol. The minimum atomic E-state index is -0.897. The number of carbonyl (C=O) groups is 1. The molecule has 1 N–H and O–H groups in total. The van der Waals surface area contributed by atoms with Gasteiger partial charge in [0.2, 0.25) is 0 Å². The highest BCUT2D eigenvalue weighted by atomic mass is 35.5. The summed E-state index contributed by atoms with van der Waals surface area (Å²) >= 11 is 7.07. The molecule has 0 radical (unpaired) electrons. The summed E-state index contributed by atoms with van der Waals surface area (Å²) in [6, 6.07) is 7.24. The summed E-state index contributed by atoms with van der Waals surface area (Å²) in [5.74, 6) is -0.897. The molecule has 0 spiro atoms. The van der Waals surface area contributed by atoms with Gasteiger partial charge in [-0.1, -0.05) is 23.4 Å². The van der Waals surface area contributed by atoms with Crippen molar-refractivity contribution in [2.24, 2.45) is 0 Å². The second-order valence-corrected chi connectivity index (χ2v) is 4.06. The molecule has 2 nitrogen and oxygen atoms in total. The first-order valence-corrected chi connectivity index (χ1v) is 5.17. The van der Waals surface area contributed by atoms with E-state index in [0.29, 0.717) is 10.6 Å². The van der Waals surface area contributed by atoms with Gasteiger partial charge in [-0.3, -0.25) is 0 Å². The summed E-state index contributed by atoms with van der Waals surface area (Å²) in [5, 5.41) is 10.9. The Hall–Kier alpha value is -0.930. The number of benzene rings is 1. The van der Waals surface area contributed by atoms with Gasteiger partial charge in [0.1, 0.15) is 0 Å². The van der Waals surface area contributed by atoms with Crippen LogP contribution in [0, 0.1) is 0 Å². The number of hydrogen-bond acceptors (Lipinski definition) is 2. The van der Waals surface area contributed by atoms with Crippen molar-refractivity contribution in [3.8, 4) is 0 Å². The van der Waals surface area contributed by atoms with Crippen molar-refractivity contribution >= 4 is 29.3 Å². The molecule has 0 fully saturated rings. The van der Waals surface area contributed by atoms with E-state index < -0.39 is 5.97 Å². The quantitative estimate of drug-likeness (QED) is 0.636. The molecule has 74 valence electrons. The molecule has 0 aliphatic heterocycles. The van der Waals surface area contributed by atoms with Gasteiger partial charge >= 0.3 is 5.97 Å². The lowest BCUT2D eigenvalue weighted by Gasteiger charge is -1.96. The van der Waals surface area contributed by atoms with Crippen LogP contribution in [0.1, 0.15) is 6.92 Å². The van der Waals surface area contributed by atoms with Crippen LogP contribution >= 0.6 is 23.4 Å². The Labute approximate surface area is 91.6 Å². The smallest absolute Gasteiger partial charge is 0.331 e. The van der Waals surface area contributed by atoms with E-state index in [2.05, 4.69) is 0 Å². The van der Waals surface area contributed by atoms with E-state index >= 15 is 0 Å². The molecule has 4 heteroatoms. The maximum Gasteiger partial charge on any atom is 0.331 e. The van der Waals surface area contributed by atoms with Crippen molar-refractivity contribution < 1.29 is 9.90 Å². The van der Waals surface area contributed by atoms with Gasteiger partial charge < -0.3 is 5.11 Å². The lowest BCUT2D eigenvalue weighted by Crippen LogP contribution is -1.94. The van der Waals surface area contributed by atoms with Gasteiger partial charge in [0.25, 0.3) is 0 Å². The Morgan fingerprint density at radius 1 is 1.43 bits per heavy atom. The first-order chi connectivity index (χ1) is 6.59. The predicted molar refractivity (Wildman–Crippen MR) is 58.7 cm³/mol. The first kappa shape index (κ1) is 11.1. The zero-order valence-electron chi connectivity index (χ0n) is 7.53. The van der Waals surface area contributed by atoms with E-state index in [1.54, 1.807) is 24.5 Å². The van der Waals surface area contributed by atoms with Gasteiger partial charge in [-0.2, -0.15) is 0 Å². The topological polar surface area (TPSA) is 37.3 Å². The van der Waals surface area contributed by atoms with Gasteiger partial charge in [0.05, 0.1) is 0 Å². The van der Waals surface area contributed by atoms with E-state index in [1.165, 1.54) is 11.8 Å². The van der Waals surface area contributed by atoms with E-state index in [1.807, 2.05) is 12.1 Å². The van der Waals surface area contributed by atoms with Crippen LogP contribution in [0.25, 0.3) is 0 Å². The van der Waals surface area contributed by atoms with E-state index in [9.17, 15) is 4.79 Å². The fourth-order valence-electron chi connectivity index (χ4n) is 0.720. The number of hydrogen-bond donors (Lipinski definition) is 1. The van der Waals surface area contributed by atoms with Crippen LogP contribution in [0.15, 0.2) is 40.1 Å². The second kappa shape index (κ2) is 5.08. The highest BCUT2D eigenvalue weighted by Crippen LogP contribution is 2.22. The maximum absolute atomic E-state index is 10.5. The number of thioether (sulfide) groups is 1. The van der Waals surface area contributed by atoms with Crippen LogP contribution in [0.5, 0.6) is 0 Å². The molecular formula is C10H9ClO2S. The Morgan fingerprint density at radius 2 is 2.00 bits per heavy atom. The highest BCUT2D eigenvalue weighted by molar-refractivity contribution is 8.02. The molecule has 0 bridgehead atoms. The summed E-state index contributed by atoms with van der Waals surface area (Å²) in [6.45, 7) is 1.56. The molecule has 0 atom stereocenters. The lowest BCUT2D eigenvalue weighted by molar-refractivity contribution is -0.132. The van der Waals surface area contributed by atoms with Crippen molar-refractivity contribution in [3.63, 3.8) is 0 Å². The summed E-state index contributed by atoms with van der Waals surface area (Å²) < 4.78 is 0. The van der Waals surface area contributed by atoms with Crippen LogP contribution in [0.3, 0.4) is 0 Å². The molecular weight excluding hydrogens is 220 g/mol. The number of halogens is 1. The maximum atomic E-state index is 10.5. The Balaban J connectivity index is 2.66. The molecule has 0 aliphatic carbocycles. The number of carboxylic acid groups (broad SMARTS) is 1. The molecule has 0 aliphatic rings. The van der Waals surface area contributed by atoms with Crippen molar-refractivity contribution in [3.05, 3.63) is 40.3 Å². The van der Waals surface area contributed by atoms with Crippen molar-refractivity contribution in [1.29, 1.82) is 0 Å². The van der Waals surface area contributed by atoms with Crippen LogP contribution in [0.4, 0.5) is 0 Å². The standard InChI is InChI=1S/C10H9ClO2S/c1-7(10(12)13)6-14-9-4-2-8(11)3-5-9/h2-6H,1H3,(H,12,13)/b7-6+. The third kappa shape index (κ3) is 3.44. The lowest BCUT2D eigenvalue weighted by atomic mass is 10.4. The van der Waals surface area contributed by atoms with Gasteiger partial charge in [-0.25, -0.2) is 4.79 Å². The molecule has 1 aromatic carbocycles. The minimum Gasteiger partial charge on any atom is -0.478 e. The summed E-state index contributed by atoms with van der Waals surface area (Å²) in [6.07, 6.45) is 0.